The minimum atomic E-state index is -0.440. The largest absolute Gasteiger partial charge is 0.487 e. The van der Waals surface area contributed by atoms with Crippen LogP contribution < -0.4 is 9.64 Å². The smallest absolute Gasteiger partial charge is 0.311 e. The number of nitro groups is 1. The molecule has 0 aliphatic heterocycles. The normalized spacial score (nSPS) is 12.0. The number of hydrogen-bond donors (Lipinski definition) is 1. The van der Waals surface area contributed by atoms with Gasteiger partial charge in [0.05, 0.1) is 17.6 Å². The molecule has 0 aliphatic carbocycles. The Morgan fingerprint density at radius 2 is 2.20 bits per heavy atom. The zero-order chi connectivity index (χ0) is 15.1. The van der Waals surface area contributed by atoms with Crippen molar-refractivity contribution in [3.63, 3.8) is 0 Å². The molecule has 0 heterocycles. The summed E-state index contributed by atoms with van der Waals surface area (Å²) in [5.74, 6) is 0.290. The lowest BCUT2D eigenvalue weighted by Crippen LogP contribution is -2.21. The third-order valence-electron chi connectivity index (χ3n) is 2.92. The Morgan fingerprint density at radius 3 is 2.75 bits per heavy atom. The number of aliphatic hydroxyl groups excluding tert-OH is 1. The van der Waals surface area contributed by atoms with Crippen LogP contribution >= 0.6 is 0 Å². The highest BCUT2D eigenvalue weighted by molar-refractivity contribution is 5.59. The lowest BCUT2D eigenvalue weighted by Gasteiger charge is -2.20. The number of anilines is 1. The van der Waals surface area contributed by atoms with E-state index < -0.39 is 4.92 Å². The van der Waals surface area contributed by atoms with Gasteiger partial charge in [0.15, 0.2) is 5.75 Å². The highest BCUT2D eigenvalue weighted by atomic mass is 16.6. The van der Waals surface area contributed by atoms with Crippen LogP contribution in [0.4, 0.5) is 11.4 Å². The summed E-state index contributed by atoms with van der Waals surface area (Å²) in [4.78, 5) is 12.5. The molecule has 0 aliphatic rings. The molecule has 0 radical (unpaired) electrons. The molecule has 1 atom stereocenters. The van der Waals surface area contributed by atoms with Gasteiger partial charge in [-0.25, -0.2) is 0 Å². The van der Waals surface area contributed by atoms with E-state index in [1.807, 2.05) is 18.9 Å². The molecule has 1 aromatic rings. The average molecular weight is 282 g/mol. The summed E-state index contributed by atoms with van der Waals surface area (Å²) in [5.41, 5.74) is 0.813. The Morgan fingerprint density at radius 1 is 1.50 bits per heavy atom. The van der Waals surface area contributed by atoms with Crippen LogP contribution in [0.15, 0.2) is 18.2 Å². The first kappa shape index (κ1) is 16.2. The summed E-state index contributed by atoms with van der Waals surface area (Å²) >= 11 is 0. The number of aliphatic hydroxyl groups is 1. The first-order chi connectivity index (χ1) is 9.45. The molecule has 1 unspecified atom stereocenters. The molecule has 0 aromatic heterocycles. The molecular formula is C14H22N2O4. The molecule has 1 aromatic carbocycles. The van der Waals surface area contributed by atoms with Gasteiger partial charge in [-0.1, -0.05) is 6.92 Å². The van der Waals surface area contributed by atoms with E-state index in [2.05, 4.69) is 0 Å². The summed E-state index contributed by atoms with van der Waals surface area (Å²) in [6, 6.07) is 4.83. The van der Waals surface area contributed by atoms with E-state index in [9.17, 15) is 15.2 Å². The fourth-order valence-corrected chi connectivity index (χ4v) is 1.73. The highest BCUT2D eigenvalue weighted by Crippen LogP contribution is 2.31. The average Bonchev–Trinajstić information content (AvgIpc) is 2.41. The molecule has 0 spiro atoms. The van der Waals surface area contributed by atoms with E-state index >= 15 is 0 Å². The van der Waals surface area contributed by atoms with Gasteiger partial charge >= 0.3 is 5.69 Å². The molecule has 1 N–H and O–H groups in total. The molecule has 1 rings (SSSR count). The third kappa shape index (κ3) is 4.70. The summed E-state index contributed by atoms with van der Waals surface area (Å²) in [7, 11) is 1.88. The van der Waals surface area contributed by atoms with Crippen LogP contribution in [0.2, 0.25) is 0 Å². The minimum Gasteiger partial charge on any atom is -0.487 e. The van der Waals surface area contributed by atoms with Crippen LogP contribution in [-0.4, -0.2) is 36.3 Å². The Balaban J connectivity index is 2.90. The van der Waals surface area contributed by atoms with Crippen LogP contribution in [0.1, 0.15) is 26.7 Å². The first-order valence-corrected chi connectivity index (χ1v) is 6.76. The number of ether oxygens (including phenoxy) is 1. The molecule has 112 valence electrons. The van der Waals surface area contributed by atoms with E-state index in [4.69, 9.17) is 4.74 Å². The Labute approximate surface area is 119 Å². The van der Waals surface area contributed by atoms with Gasteiger partial charge in [-0.3, -0.25) is 10.1 Å². The van der Waals surface area contributed by atoms with Gasteiger partial charge in [-0.05, 0) is 25.8 Å². The molecule has 0 saturated heterocycles. The van der Waals surface area contributed by atoms with Gasteiger partial charge in [0.2, 0.25) is 0 Å². The van der Waals surface area contributed by atoms with E-state index in [-0.39, 0.29) is 11.8 Å². The molecule has 0 fully saturated rings. The molecular weight excluding hydrogens is 260 g/mol. The van der Waals surface area contributed by atoms with Gasteiger partial charge in [0, 0.05) is 31.4 Å². The highest BCUT2D eigenvalue weighted by Gasteiger charge is 2.16. The second-order valence-corrected chi connectivity index (χ2v) is 4.82. The minimum absolute atomic E-state index is 0.0221. The van der Waals surface area contributed by atoms with Gasteiger partial charge in [-0.15, -0.1) is 0 Å². The maximum absolute atomic E-state index is 11.0. The van der Waals surface area contributed by atoms with Crippen LogP contribution in [0, 0.1) is 10.1 Å². The number of benzene rings is 1. The van der Waals surface area contributed by atoms with Crippen molar-refractivity contribution < 1.29 is 14.8 Å². The van der Waals surface area contributed by atoms with E-state index in [0.29, 0.717) is 25.3 Å². The molecule has 6 nitrogen and oxygen atoms in total. The standard InChI is InChI=1S/C14H22N2O4/c1-4-9-20-14-10-12(5-6-13(14)16(18)19)15(3)8-7-11(2)17/h5-6,10-11,17H,4,7-9H2,1-3H3. The van der Waals surface area contributed by atoms with Crippen molar-refractivity contribution in [2.24, 2.45) is 0 Å². The molecule has 0 amide bonds. The molecule has 20 heavy (non-hydrogen) atoms. The second kappa shape index (κ2) is 7.69. The van der Waals surface area contributed by atoms with E-state index in [1.165, 1.54) is 6.07 Å². The maximum Gasteiger partial charge on any atom is 0.311 e. The van der Waals surface area contributed by atoms with Gasteiger partial charge in [0.1, 0.15) is 0 Å². The summed E-state index contributed by atoms with van der Waals surface area (Å²) in [6.45, 7) is 4.80. The second-order valence-electron chi connectivity index (χ2n) is 4.82. The van der Waals surface area contributed by atoms with Crippen molar-refractivity contribution in [2.45, 2.75) is 32.8 Å². The fourth-order valence-electron chi connectivity index (χ4n) is 1.73. The topological polar surface area (TPSA) is 75.8 Å². The third-order valence-corrected chi connectivity index (χ3v) is 2.92. The summed E-state index contributed by atoms with van der Waals surface area (Å²) in [5, 5.41) is 20.3. The molecule has 0 saturated carbocycles. The number of rotatable bonds is 8. The van der Waals surface area contributed by atoms with Crippen molar-refractivity contribution in [3.05, 3.63) is 28.3 Å². The van der Waals surface area contributed by atoms with Crippen LogP contribution in [0.25, 0.3) is 0 Å². The number of nitro benzene ring substituents is 1. The predicted molar refractivity (Wildman–Crippen MR) is 78.5 cm³/mol. The fraction of sp³-hybridized carbons (Fsp3) is 0.571. The number of nitrogens with zero attached hydrogens (tertiary/aromatic N) is 2. The molecule has 0 bridgehead atoms. The lowest BCUT2D eigenvalue weighted by atomic mass is 10.2. The van der Waals surface area contributed by atoms with Gasteiger partial charge in [-0.2, -0.15) is 0 Å². The van der Waals surface area contributed by atoms with E-state index in [0.717, 1.165) is 12.1 Å². The van der Waals surface area contributed by atoms with Crippen LogP contribution in [0.5, 0.6) is 5.75 Å². The van der Waals surface area contributed by atoms with Crippen molar-refractivity contribution in [2.75, 3.05) is 25.1 Å². The van der Waals surface area contributed by atoms with Crippen molar-refractivity contribution >= 4 is 11.4 Å². The predicted octanol–water partition coefficient (Wildman–Crippen LogP) is 2.59. The Bertz CT molecular complexity index is 449. The van der Waals surface area contributed by atoms with Crippen molar-refractivity contribution in [1.82, 2.24) is 0 Å². The quantitative estimate of drug-likeness (QED) is 0.586. The first-order valence-electron chi connectivity index (χ1n) is 6.76. The van der Waals surface area contributed by atoms with E-state index in [1.54, 1.807) is 19.1 Å². The number of hydrogen-bond acceptors (Lipinski definition) is 5. The van der Waals surface area contributed by atoms with Crippen LogP contribution in [0.3, 0.4) is 0 Å². The zero-order valence-electron chi connectivity index (χ0n) is 12.2. The van der Waals surface area contributed by atoms with Crippen molar-refractivity contribution in [3.8, 4) is 5.75 Å². The zero-order valence-corrected chi connectivity index (χ0v) is 12.2. The summed E-state index contributed by atoms with van der Waals surface area (Å²) in [6.07, 6.45) is 1.06. The lowest BCUT2D eigenvalue weighted by molar-refractivity contribution is -0.385. The van der Waals surface area contributed by atoms with Gasteiger partial charge in [0.25, 0.3) is 0 Å². The SMILES string of the molecule is CCCOc1cc(N(C)CCC(C)O)ccc1[N+](=O)[O-]. The Hall–Kier alpha value is -1.82. The van der Waals surface area contributed by atoms with Crippen molar-refractivity contribution in [1.29, 1.82) is 0 Å². The molecule has 6 heteroatoms. The maximum atomic E-state index is 11.0. The van der Waals surface area contributed by atoms with Crippen LogP contribution in [-0.2, 0) is 0 Å². The Kier molecular flexibility index (Phi) is 6.24. The summed E-state index contributed by atoms with van der Waals surface area (Å²) < 4.78 is 5.45. The monoisotopic (exact) mass is 282 g/mol. The van der Waals surface area contributed by atoms with Gasteiger partial charge < -0.3 is 14.7 Å².